The summed E-state index contributed by atoms with van der Waals surface area (Å²) in [5, 5.41) is 8.12. The molecule has 1 heterocycles. The first-order valence-electron chi connectivity index (χ1n) is 8.38. The number of nitrogens with one attached hydrogen (secondary N) is 2. The molecule has 1 amide bonds. The van der Waals surface area contributed by atoms with Crippen LogP contribution in [-0.2, 0) is 6.54 Å². The molecular formula is C19H22N4OS. The predicted molar refractivity (Wildman–Crippen MR) is 103 cm³/mol. The van der Waals surface area contributed by atoms with Crippen LogP contribution in [0.2, 0.25) is 0 Å². The van der Waals surface area contributed by atoms with Crippen molar-refractivity contribution in [3.05, 3.63) is 65.0 Å². The van der Waals surface area contributed by atoms with E-state index in [1.54, 1.807) is 18.0 Å². The summed E-state index contributed by atoms with van der Waals surface area (Å²) in [4.78, 5) is 21.5. The molecule has 0 saturated heterocycles. The third kappa shape index (κ3) is 5.06. The number of hydrogen-bond acceptors (Lipinski definition) is 5. The highest BCUT2D eigenvalue weighted by molar-refractivity contribution is 8.01. The Bertz CT molecular complexity index is 744. The second-order valence-electron chi connectivity index (χ2n) is 5.92. The number of benzene rings is 1. The molecule has 0 aliphatic heterocycles. The van der Waals surface area contributed by atoms with E-state index >= 15 is 0 Å². The summed E-state index contributed by atoms with van der Waals surface area (Å²) in [6.45, 7) is 1.11. The molecule has 2 aromatic rings. The van der Waals surface area contributed by atoms with Gasteiger partial charge in [-0.3, -0.25) is 4.79 Å². The van der Waals surface area contributed by atoms with Crippen LogP contribution in [0.15, 0.2) is 48.0 Å². The first kappa shape index (κ1) is 17.5. The zero-order valence-corrected chi connectivity index (χ0v) is 15.1. The van der Waals surface area contributed by atoms with Gasteiger partial charge in [-0.15, -0.1) is 11.8 Å². The molecule has 25 heavy (non-hydrogen) atoms. The van der Waals surface area contributed by atoms with Crippen molar-refractivity contribution in [1.82, 2.24) is 15.3 Å². The van der Waals surface area contributed by atoms with Gasteiger partial charge in [-0.2, -0.15) is 0 Å². The van der Waals surface area contributed by atoms with Crippen LogP contribution in [0.4, 0.5) is 5.82 Å². The van der Waals surface area contributed by atoms with Crippen LogP contribution < -0.4 is 10.6 Å². The van der Waals surface area contributed by atoms with Crippen LogP contribution in [0.5, 0.6) is 0 Å². The maximum absolute atomic E-state index is 12.5. The van der Waals surface area contributed by atoms with Crippen molar-refractivity contribution < 1.29 is 4.79 Å². The Morgan fingerprint density at radius 3 is 2.84 bits per heavy atom. The smallest absolute Gasteiger partial charge is 0.256 e. The molecule has 130 valence electrons. The minimum atomic E-state index is -0.163. The molecule has 1 aromatic carbocycles. The monoisotopic (exact) mass is 354 g/mol. The molecule has 0 radical (unpaired) electrons. The standard InChI is InChI=1S/C19H22N4OS/c1-25-11-5-10-20-19(24)16-13-22-17(15-8-9-15)23-18(16)21-12-14-6-3-2-4-7-14/h2-7,11,13,15H,8-10,12H2,1H3,(H,20,24)(H,21,22,23)/b11-5+. The zero-order valence-electron chi connectivity index (χ0n) is 14.2. The second kappa shape index (κ2) is 8.67. The van der Waals surface area contributed by atoms with Crippen molar-refractivity contribution in [3.8, 4) is 0 Å². The van der Waals surface area contributed by atoms with Gasteiger partial charge in [-0.1, -0.05) is 36.4 Å². The SMILES string of the molecule is CS/C=C/CNC(=O)c1cnc(C2CC2)nc1NCc1ccccc1. The van der Waals surface area contributed by atoms with Crippen molar-refractivity contribution >= 4 is 23.5 Å². The van der Waals surface area contributed by atoms with Gasteiger partial charge in [0.1, 0.15) is 17.2 Å². The number of nitrogens with zero attached hydrogens (tertiary/aromatic N) is 2. The molecule has 1 aliphatic carbocycles. The van der Waals surface area contributed by atoms with Crippen LogP contribution in [0.1, 0.15) is 40.5 Å². The Morgan fingerprint density at radius 1 is 1.32 bits per heavy atom. The lowest BCUT2D eigenvalue weighted by molar-refractivity contribution is 0.0958. The molecule has 0 unspecified atom stereocenters. The molecule has 1 saturated carbocycles. The number of rotatable bonds is 8. The highest BCUT2D eigenvalue weighted by Gasteiger charge is 2.28. The summed E-state index contributed by atoms with van der Waals surface area (Å²) in [6, 6.07) is 10.1. The Kier molecular flexibility index (Phi) is 6.06. The third-order valence-electron chi connectivity index (χ3n) is 3.91. The molecule has 1 fully saturated rings. The first-order valence-corrected chi connectivity index (χ1v) is 9.67. The number of thioether (sulfide) groups is 1. The van der Waals surface area contributed by atoms with Crippen LogP contribution in [0.3, 0.4) is 0 Å². The van der Waals surface area contributed by atoms with Crippen LogP contribution in [0, 0.1) is 0 Å². The van der Waals surface area contributed by atoms with Gasteiger partial charge in [-0.25, -0.2) is 9.97 Å². The quantitative estimate of drug-likeness (QED) is 0.758. The van der Waals surface area contributed by atoms with Crippen molar-refractivity contribution in [2.45, 2.75) is 25.3 Å². The predicted octanol–water partition coefficient (Wildman–Crippen LogP) is 3.57. The van der Waals surface area contributed by atoms with Gasteiger partial charge in [-0.05, 0) is 30.1 Å². The Labute approximate surface area is 152 Å². The average molecular weight is 354 g/mol. The number of anilines is 1. The maximum Gasteiger partial charge on any atom is 0.256 e. The Balaban J connectivity index is 1.73. The molecule has 5 nitrogen and oxygen atoms in total. The zero-order chi connectivity index (χ0) is 17.5. The lowest BCUT2D eigenvalue weighted by Crippen LogP contribution is -2.25. The molecule has 6 heteroatoms. The van der Waals surface area contributed by atoms with Crippen LogP contribution in [0.25, 0.3) is 0 Å². The van der Waals surface area contributed by atoms with Crippen molar-refractivity contribution in [1.29, 1.82) is 0 Å². The van der Waals surface area contributed by atoms with Gasteiger partial charge in [0, 0.05) is 25.2 Å². The summed E-state index contributed by atoms with van der Waals surface area (Å²) in [5.74, 6) is 1.71. The summed E-state index contributed by atoms with van der Waals surface area (Å²) in [5.41, 5.74) is 1.63. The fourth-order valence-corrected chi connectivity index (χ4v) is 2.70. The molecule has 0 spiro atoms. The van der Waals surface area contributed by atoms with E-state index in [4.69, 9.17) is 0 Å². The molecule has 0 atom stereocenters. The van der Waals surface area contributed by atoms with Crippen LogP contribution >= 0.6 is 11.8 Å². The van der Waals surface area contributed by atoms with E-state index < -0.39 is 0 Å². The summed E-state index contributed by atoms with van der Waals surface area (Å²) in [6.07, 6.45) is 7.79. The first-order chi connectivity index (χ1) is 12.3. The second-order valence-corrected chi connectivity index (χ2v) is 6.66. The topological polar surface area (TPSA) is 66.9 Å². The fourth-order valence-electron chi connectivity index (χ4n) is 2.41. The van der Waals surface area contributed by atoms with E-state index in [-0.39, 0.29) is 5.91 Å². The number of carbonyl (C=O) groups is 1. The highest BCUT2D eigenvalue weighted by Crippen LogP contribution is 2.38. The van der Waals surface area contributed by atoms with E-state index in [0.717, 1.165) is 24.2 Å². The lowest BCUT2D eigenvalue weighted by Gasteiger charge is -2.12. The fraction of sp³-hybridized carbons (Fsp3) is 0.316. The third-order valence-corrected chi connectivity index (χ3v) is 4.37. The molecule has 1 aliphatic rings. The lowest BCUT2D eigenvalue weighted by atomic mass is 10.2. The van der Waals surface area contributed by atoms with Gasteiger partial charge in [0.25, 0.3) is 5.91 Å². The molecule has 2 N–H and O–H groups in total. The minimum absolute atomic E-state index is 0.163. The molecule has 3 rings (SSSR count). The van der Waals surface area contributed by atoms with Gasteiger partial charge in [0.2, 0.25) is 0 Å². The average Bonchev–Trinajstić information content (AvgIpc) is 3.49. The van der Waals surface area contributed by atoms with E-state index in [9.17, 15) is 4.79 Å². The number of amides is 1. The summed E-state index contributed by atoms with van der Waals surface area (Å²) >= 11 is 1.60. The summed E-state index contributed by atoms with van der Waals surface area (Å²) in [7, 11) is 0. The Morgan fingerprint density at radius 2 is 2.12 bits per heavy atom. The van der Waals surface area contributed by atoms with Gasteiger partial charge >= 0.3 is 0 Å². The molecular weight excluding hydrogens is 332 g/mol. The van der Waals surface area contributed by atoms with Gasteiger partial charge < -0.3 is 10.6 Å². The van der Waals surface area contributed by atoms with Crippen LogP contribution in [-0.4, -0.2) is 28.7 Å². The van der Waals surface area contributed by atoms with Crippen molar-refractivity contribution in [3.63, 3.8) is 0 Å². The van der Waals surface area contributed by atoms with Gasteiger partial charge in [0.05, 0.1) is 0 Å². The van der Waals surface area contributed by atoms with Crippen molar-refractivity contribution in [2.24, 2.45) is 0 Å². The largest absolute Gasteiger partial charge is 0.365 e. The summed E-state index contributed by atoms with van der Waals surface area (Å²) < 4.78 is 0. The van der Waals surface area contributed by atoms with Gasteiger partial charge in [0.15, 0.2) is 0 Å². The molecule has 1 aromatic heterocycles. The number of carbonyl (C=O) groups excluding carboxylic acids is 1. The van der Waals surface area contributed by atoms with E-state index in [1.807, 2.05) is 48.1 Å². The van der Waals surface area contributed by atoms with E-state index in [1.165, 1.54) is 0 Å². The molecule has 0 bridgehead atoms. The van der Waals surface area contributed by atoms with E-state index in [2.05, 4.69) is 20.6 Å². The number of hydrogen-bond donors (Lipinski definition) is 2. The van der Waals surface area contributed by atoms with E-state index in [0.29, 0.717) is 30.4 Å². The highest BCUT2D eigenvalue weighted by atomic mass is 32.2. The Hall–Kier alpha value is -2.34. The van der Waals surface area contributed by atoms with Crippen molar-refractivity contribution in [2.75, 3.05) is 18.1 Å². The normalized spacial score (nSPS) is 13.8. The maximum atomic E-state index is 12.5. The minimum Gasteiger partial charge on any atom is -0.365 e. The number of aromatic nitrogens is 2.